The first-order valence-electron chi connectivity index (χ1n) is 14.5. The van der Waals surface area contributed by atoms with Gasteiger partial charge in [0.1, 0.15) is 0 Å². The summed E-state index contributed by atoms with van der Waals surface area (Å²) in [6, 6.07) is 25.2. The number of aromatic nitrogens is 4. The minimum atomic E-state index is -0.910. The summed E-state index contributed by atoms with van der Waals surface area (Å²) in [5.41, 5.74) is 4.44. The molecule has 11 nitrogen and oxygen atoms in total. The Morgan fingerprint density at radius 1 is 0.932 bits per heavy atom. The number of carbonyl (C=O) groups excluding carboxylic acids is 1. The Bertz CT molecular complexity index is 1520. The van der Waals surface area contributed by atoms with Gasteiger partial charge in [0, 0.05) is 36.6 Å². The molecule has 4 aromatic rings. The minimum absolute atomic E-state index is 0.00426. The molecule has 5 rings (SSSR count). The van der Waals surface area contributed by atoms with Gasteiger partial charge < -0.3 is 25.0 Å². The molecule has 0 aliphatic carbocycles. The maximum Gasteiger partial charge on any atom is 0.303 e. The van der Waals surface area contributed by atoms with Crippen LogP contribution in [0.3, 0.4) is 0 Å². The third-order valence-electron chi connectivity index (χ3n) is 7.48. The zero-order valence-corrected chi connectivity index (χ0v) is 25.1. The maximum absolute atomic E-state index is 12.1. The van der Waals surface area contributed by atoms with Crippen LogP contribution in [0.4, 0.5) is 0 Å². The smallest absolute Gasteiger partial charge is 0.303 e. The summed E-state index contributed by atoms with van der Waals surface area (Å²) in [5, 5.41) is 34.1. The molecule has 230 valence electrons. The van der Waals surface area contributed by atoms with E-state index in [1.807, 2.05) is 78.9 Å². The van der Waals surface area contributed by atoms with Crippen molar-refractivity contribution < 1.29 is 29.3 Å². The van der Waals surface area contributed by atoms with E-state index in [1.54, 1.807) is 4.68 Å². The number of hydrogen-bond donors (Lipinski definition) is 3. The number of hydrogen-bond acceptors (Lipinski definition) is 9. The fraction of sp³-hybridized carbons (Fsp3) is 0.344. The summed E-state index contributed by atoms with van der Waals surface area (Å²) in [4.78, 5) is 22.7. The summed E-state index contributed by atoms with van der Waals surface area (Å²) in [6.45, 7) is 2.41. The molecule has 1 fully saturated rings. The van der Waals surface area contributed by atoms with Crippen molar-refractivity contribution in [1.29, 1.82) is 0 Å². The standard InChI is InChI=1S/C32H35N5O6S/c1-21-27(20-44-32-34-35-36-37(32)26-6-3-2-4-7-26)42-31(43-30(21)24-14-12-23(19-38)13-15-24)25-16-10-22(11-17-25)18-33-28(39)8-5-9-29(40)41/h2-4,6-7,10-17,21,27,30-31,38H,5,8-9,18-20H2,1H3,(H,33,39)(H,40,41). The van der Waals surface area contributed by atoms with Crippen LogP contribution in [0.5, 0.6) is 0 Å². The number of thioether (sulfide) groups is 1. The highest BCUT2D eigenvalue weighted by Gasteiger charge is 2.38. The summed E-state index contributed by atoms with van der Waals surface area (Å²) in [5.74, 6) is -0.508. The molecule has 3 N–H and O–H groups in total. The third-order valence-corrected chi connectivity index (χ3v) is 8.49. The van der Waals surface area contributed by atoms with Crippen molar-refractivity contribution in [2.75, 3.05) is 5.75 Å². The van der Waals surface area contributed by atoms with E-state index in [0.29, 0.717) is 23.9 Å². The predicted octanol–water partition coefficient (Wildman–Crippen LogP) is 4.61. The Hall–Kier alpha value is -4.10. The zero-order chi connectivity index (χ0) is 30.9. The molecule has 44 heavy (non-hydrogen) atoms. The van der Waals surface area contributed by atoms with Crippen molar-refractivity contribution in [2.24, 2.45) is 5.92 Å². The van der Waals surface area contributed by atoms with Gasteiger partial charge in [-0.05, 0) is 45.7 Å². The van der Waals surface area contributed by atoms with Gasteiger partial charge in [0.2, 0.25) is 11.1 Å². The summed E-state index contributed by atoms with van der Waals surface area (Å²) >= 11 is 1.52. The summed E-state index contributed by atoms with van der Waals surface area (Å²) < 4.78 is 14.8. The minimum Gasteiger partial charge on any atom is -0.481 e. The zero-order valence-electron chi connectivity index (χ0n) is 24.3. The lowest BCUT2D eigenvalue weighted by atomic mass is 9.91. The molecule has 4 unspecified atom stereocenters. The van der Waals surface area contributed by atoms with E-state index >= 15 is 0 Å². The molecule has 4 atom stereocenters. The highest BCUT2D eigenvalue weighted by molar-refractivity contribution is 7.99. The summed E-state index contributed by atoms with van der Waals surface area (Å²) in [7, 11) is 0. The molecule has 1 saturated heterocycles. The van der Waals surface area contributed by atoms with Crippen LogP contribution in [0.2, 0.25) is 0 Å². The summed E-state index contributed by atoms with van der Waals surface area (Å²) in [6.07, 6.45) is -0.653. The number of rotatable bonds is 13. The highest BCUT2D eigenvalue weighted by Crippen LogP contribution is 2.43. The first-order valence-corrected chi connectivity index (χ1v) is 15.4. The molecule has 1 aromatic heterocycles. The monoisotopic (exact) mass is 617 g/mol. The molecule has 0 bridgehead atoms. The van der Waals surface area contributed by atoms with Crippen LogP contribution in [-0.4, -0.2) is 54.2 Å². The topological polar surface area (TPSA) is 149 Å². The number of carboxylic acid groups (broad SMARTS) is 1. The molecule has 1 aliphatic heterocycles. The number of benzene rings is 3. The Balaban J connectivity index is 1.29. The molecule has 2 heterocycles. The van der Waals surface area contributed by atoms with Gasteiger partial charge in [0.25, 0.3) is 0 Å². The number of tetrazole rings is 1. The van der Waals surface area contributed by atoms with Crippen LogP contribution in [0.25, 0.3) is 5.69 Å². The number of aliphatic carboxylic acids is 1. The second kappa shape index (κ2) is 15.1. The normalized spacial score (nSPS) is 19.9. The van der Waals surface area contributed by atoms with Crippen molar-refractivity contribution in [2.45, 2.75) is 63.0 Å². The number of aliphatic hydroxyl groups excluding tert-OH is 1. The Morgan fingerprint density at radius 3 is 2.34 bits per heavy atom. The van der Waals surface area contributed by atoms with E-state index in [-0.39, 0.29) is 43.5 Å². The number of carbonyl (C=O) groups is 2. The van der Waals surface area contributed by atoms with Crippen molar-refractivity contribution in [1.82, 2.24) is 25.5 Å². The van der Waals surface area contributed by atoms with Gasteiger partial charge in [-0.25, -0.2) is 0 Å². The quantitative estimate of drug-likeness (QED) is 0.182. The number of nitrogens with zero attached hydrogens (tertiary/aromatic N) is 4. The molecule has 1 amide bonds. The Morgan fingerprint density at radius 2 is 1.64 bits per heavy atom. The lowest BCUT2D eigenvalue weighted by molar-refractivity contribution is -0.268. The first-order chi connectivity index (χ1) is 21.4. The van der Waals surface area contributed by atoms with E-state index in [1.165, 1.54) is 11.8 Å². The molecule has 3 aromatic carbocycles. The van der Waals surface area contributed by atoms with Crippen molar-refractivity contribution in [3.05, 3.63) is 101 Å². The molecule has 12 heteroatoms. The third kappa shape index (κ3) is 8.08. The van der Waals surface area contributed by atoms with Crippen molar-refractivity contribution in [3.8, 4) is 5.69 Å². The van der Waals surface area contributed by atoms with Crippen LogP contribution in [-0.2, 0) is 32.2 Å². The van der Waals surface area contributed by atoms with Gasteiger partial charge in [-0.15, -0.1) is 5.10 Å². The number of aliphatic hydroxyl groups is 1. The van der Waals surface area contributed by atoms with E-state index < -0.39 is 12.3 Å². The van der Waals surface area contributed by atoms with Crippen LogP contribution >= 0.6 is 11.8 Å². The van der Waals surface area contributed by atoms with Crippen molar-refractivity contribution in [3.63, 3.8) is 0 Å². The van der Waals surface area contributed by atoms with Crippen LogP contribution in [0.1, 0.15) is 60.8 Å². The number of para-hydroxylation sites is 1. The molecule has 1 aliphatic rings. The van der Waals surface area contributed by atoms with E-state index in [2.05, 4.69) is 27.8 Å². The Kier molecular flexibility index (Phi) is 10.7. The van der Waals surface area contributed by atoms with Gasteiger partial charge in [-0.2, -0.15) is 4.68 Å². The number of carboxylic acids is 1. The van der Waals surface area contributed by atoms with Gasteiger partial charge in [0.15, 0.2) is 6.29 Å². The predicted molar refractivity (Wildman–Crippen MR) is 163 cm³/mol. The molecule has 0 radical (unpaired) electrons. The largest absolute Gasteiger partial charge is 0.481 e. The van der Waals surface area contributed by atoms with Gasteiger partial charge in [-0.1, -0.05) is 85.4 Å². The number of nitrogens with one attached hydrogen (secondary N) is 1. The molecule has 0 saturated carbocycles. The molecular formula is C32H35N5O6S. The molecule has 0 spiro atoms. The lowest BCUT2D eigenvalue weighted by Gasteiger charge is -2.41. The van der Waals surface area contributed by atoms with Gasteiger partial charge in [0.05, 0.1) is 24.5 Å². The molecular weight excluding hydrogens is 582 g/mol. The second-order valence-corrected chi connectivity index (χ2v) is 11.6. The first kappa shape index (κ1) is 31.3. The van der Waals surface area contributed by atoms with Crippen LogP contribution in [0, 0.1) is 5.92 Å². The van der Waals surface area contributed by atoms with E-state index in [0.717, 1.165) is 27.9 Å². The number of amides is 1. The Labute approximate surface area is 259 Å². The van der Waals surface area contributed by atoms with Gasteiger partial charge >= 0.3 is 5.97 Å². The van der Waals surface area contributed by atoms with Gasteiger partial charge in [-0.3, -0.25) is 9.59 Å². The fourth-order valence-electron chi connectivity index (χ4n) is 4.95. The second-order valence-electron chi connectivity index (χ2n) is 10.6. The van der Waals surface area contributed by atoms with E-state index in [9.17, 15) is 14.7 Å². The van der Waals surface area contributed by atoms with Crippen LogP contribution in [0.15, 0.2) is 84.0 Å². The van der Waals surface area contributed by atoms with Crippen LogP contribution < -0.4 is 5.32 Å². The van der Waals surface area contributed by atoms with Crippen molar-refractivity contribution >= 4 is 23.6 Å². The van der Waals surface area contributed by atoms with E-state index in [4.69, 9.17) is 14.6 Å². The highest BCUT2D eigenvalue weighted by atomic mass is 32.2. The fourth-order valence-corrected chi connectivity index (χ4v) is 6.00. The number of ether oxygens (including phenoxy) is 2. The average Bonchev–Trinajstić information content (AvgIpc) is 3.53. The lowest BCUT2D eigenvalue weighted by Crippen LogP contribution is -2.38. The maximum atomic E-state index is 12.1. The average molecular weight is 618 g/mol. The SMILES string of the molecule is CC1C(CSc2nnnn2-c2ccccc2)OC(c2ccc(CNC(=O)CCCC(=O)O)cc2)OC1c1ccc(CO)cc1.